The highest BCUT2D eigenvalue weighted by molar-refractivity contribution is 7.10. The number of amides is 1. The van der Waals surface area contributed by atoms with Gasteiger partial charge in [0.25, 0.3) is 0 Å². The molecule has 1 aliphatic carbocycles. The number of ketones is 1. The molecule has 0 fully saturated rings. The number of carbonyl (C=O) groups excluding carboxylic acids is 2. The molecule has 2 aromatic rings. The summed E-state index contributed by atoms with van der Waals surface area (Å²) in [4.78, 5) is 28.7. The summed E-state index contributed by atoms with van der Waals surface area (Å²) in [5.74, 6) is -0.104. The Balaban J connectivity index is 1.97. The smallest absolute Gasteiger partial charge is 0.227 e. The average molecular weight is 352 g/mol. The van der Waals surface area contributed by atoms with Crippen molar-refractivity contribution in [3.05, 3.63) is 58.4 Å². The van der Waals surface area contributed by atoms with Gasteiger partial charge in [0.05, 0.1) is 23.3 Å². The molecule has 0 spiro atoms. The van der Waals surface area contributed by atoms with Gasteiger partial charge < -0.3 is 10.2 Å². The predicted molar refractivity (Wildman–Crippen MR) is 101 cm³/mol. The molecule has 0 unspecified atom stereocenters. The van der Waals surface area contributed by atoms with E-state index >= 15 is 0 Å². The highest BCUT2D eigenvalue weighted by Crippen LogP contribution is 2.47. The van der Waals surface area contributed by atoms with Gasteiger partial charge in [0.2, 0.25) is 5.91 Å². The summed E-state index contributed by atoms with van der Waals surface area (Å²) in [6.45, 7) is 1.87. The molecule has 0 radical (unpaired) electrons. The predicted octanol–water partition coefficient (Wildman–Crippen LogP) is 4.52. The maximum Gasteiger partial charge on any atom is 0.227 e. The lowest BCUT2D eigenvalue weighted by Gasteiger charge is -2.35. The third-order valence-electron chi connectivity index (χ3n) is 4.88. The molecule has 1 aromatic heterocycles. The standard InChI is InChI=1S/C20H20N2O2S/c1-2-18(24)22-15-9-4-3-7-13(15)21-14-8-5-10-16(23)19(14)20(22)17-11-6-12-25-17/h3-4,6-9,11-12,19-21H,2,5,10H2,1H3/t19-,20+/m1/s1. The van der Waals surface area contributed by atoms with E-state index in [-0.39, 0.29) is 23.7 Å². The number of rotatable bonds is 2. The van der Waals surface area contributed by atoms with Gasteiger partial charge in [0, 0.05) is 23.4 Å². The van der Waals surface area contributed by atoms with E-state index < -0.39 is 0 Å². The minimum Gasteiger partial charge on any atom is -0.357 e. The Bertz CT molecular complexity index is 841. The van der Waals surface area contributed by atoms with Crippen LogP contribution in [0.5, 0.6) is 0 Å². The minimum atomic E-state index is -0.338. The topological polar surface area (TPSA) is 49.4 Å². The van der Waals surface area contributed by atoms with E-state index in [9.17, 15) is 9.59 Å². The monoisotopic (exact) mass is 352 g/mol. The molecule has 1 aliphatic heterocycles. The number of nitrogens with one attached hydrogen (secondary N) is 1. The van der Waals surface area contributed by atoms with E-state index in [1.807, 2.05) is 53.6 Å². The lowest BCUT2D eigenvalue weighted by molar-refractivity contribution is -0.123. The average Bonchev–Trinajstić information content (AvgIpc) is 3.10. The second-order valence-corrected chi connectivity index (χ2v) is 7.34. The maximum absolute atomic E-state index is 12.9. The van der Waals surface area contributed by atoms with Gasteiger partial charge in [0.1, 0.15) is 5.78 Å². The highest BCUT2D eigenvalue weighted by atomic mass is 32.1. The molecule has 2 heterocycles. The summed E-state index contributed by atoms with van der Waals surface area (Å²) >= 11 is 1.60. The molecule has 0 saturated carbocycles. The largest absolute Gasteiger partial charge is 0.357 e. The molecule has 0 saturated heterocycles. The molecule has 1 N–H and O–H groups in total. The molecule has 1 aromatic carbocycles. The minimum absolute atomic E-state index is 0.0345. The van der Waals surface area contributed by atoms with Crippen molar-refractivity contribution in [1.29, 1.82) is 0 Å². The van der Waals surface area contributed by atoms with Crippen LogP contribution in [0.2, 0.25) is 0 Å². The van der Waals surface area contributed by atoms with Gasteiger partial charge >= 0.3 is 0 Å². The van der Waals surface area contributed by atoms with Crippen LogP contribution in [-0.2, 0) is 9.59 Å². The summed E-state index contributed by atoms with van der Waals surface area (Å²) in [6.07, 6.45) is 3.79. The van der Waals surface area contributed by atoms with E-state index in [1.165, 1.54) is 0 Å². The van der Waals surface area contributed by atoms with Crippen LogP contribution in [0, 0.1) is 5.92 Å². The Hall–Kier alpha value is -2.40. The molecule has 4 rings (SSSR count). The van der Waals surface area contributed by atoms with Gasteiger partial charge in [-0.2, -0.15) is 0 Å². The van der Waals surface area contributed by atoms with Crippen molar-refractivity contribution < 1.29 is 9.59 Å². The first-order valence-electron chi connectivity index (χ1n) is 8.65. The van der Waals surface area contributed by atoms with Crippen LogP contribution in [-0.4, -0.2) is 11.7 Å². The van der Waals surface area contributed by atoms with Crippen molar-refractivity contribution in [3.63, 3.8) is 0 Å². The van der Waals surface area contributed by atoms with Gasteiger partial charge in [-0.1, -0.05) is 31.2 Å². The van der Waals surface area contributed by atoms with Crippen molar-refractivity contribution >= 4 is 34.4 Å². The van der Waals surface area contributed by atoms with E-state index in [0.29, 0.717) is 12.8 Å². The SMILES string of the molecule is CCC(=O)N1c2ccccc2NC2=CCCC(=O)[C@@H]2[C@@H]1c1cccs1. The number of thiophene rings is 1. The van der Waals surface area contributed by atoms with Crippen molar-refractivity contribution in [2.75, 3.05) is 10.2 Å². The van der Waals surface area contributed by atoms with Gasteiger partial charge in [-0.05, 0) is 30.0 Å². The number of carbonyl (C=O) groups is 2. The molecule has 128 valence electrons. The van der Waals surface area contributed by atoms with E-state index in [0.717, 1.165) is 28.4 Å². The third-order valence-corrected chi connectivity index (χ3v) is 5.82. The molecule has 2 aliphatic rings. The highest BCUT2D eigenvalue weighted by Gasteiger charge is 2.43. The molecule has 0 bridgehead atoms. The zero-order chi connectivity index (χ0) is 17.4. The van der Waals surface area contributed by atoms with Gasteiger partial charge in [-0.3, -0.25) is 9.59 Å². The number of hydrogen-bond acceptors (Lipinski definition) is 4. The van der Waals surface area contributed by atoms with Crippen LogP contribution in [0.3, 0.4) is 0 Å². The first kappa shape index (κ1) is 16.1. The van der Waals surface area contributed by atoms with E-state index in [2.05, 4.69) is 11.4 Å². The number of anilines is 2. The first-order valence-corrected chi connectivity index (χ1v) is 9.53. The van der Waals surface area contributed by atoms with Crippen molar-refractivity contribution in [3.8, 4) is 0 Å². The number of nitrogens with zero attached hydrogens (tertiary/aromatic N) is 1. The van der Waals surface area contributed by atoms with Crippen LogP contribution in [0.25, 0.3) is 0 Å². The van der Waals surface area contributed by atoms with Gasteiger partial charge in [-0.15, -0.1) is 11.3 Å². The fourth-order valence-corrected chi connectivity index (χ4v) is 4.61. The van der Waals surface area contributed by atoms with Crippen molar-refractivity contribution in [2.45, 2.75) is 32.2 Å². The molecule has 2 atom stereocenters. The fraction of sp³-hybridized carbons (Fsp3) is 0.300. The van der Waals surface area contributed by atoms with E-state index in [4.69, 9.17) is 0 Å². The van der Waals surface area contributed by atoms with Crippen LogP contribution >= 0.6 is 11.3 Å². The Kier molecular flexibility index (Phi) is 4.17. The number of hydrogen-bond donors (Lipinski definition) is 1. The Morgan fingerprint density at radius 2 is 2.12 bits per heavy atom. The first-order chi connectivity index (χ1) is 12.2. The third kappa shape index (κ3) is 2.68. The number of para-hydroxylation sites is 2. The molecule has 25 heavy (non-hydrogen) atoms. The van der Waals surface area contributed by atoms with Crippen LogP contribution in [0.1, 0.15) is 37.1 Å². The Labute approximate surface area is 151 Å². The Morgan fingerprint density at radius 3 is 2.88 bits per heavy atom. The van der Waals surface area contributed by atoms with Crippen molar-refractivity contribution in [1.82, 2.24) is 0 Å². The zero-order valence-electron chi connectivity index (χ0n) is 14.1. The molecule has 1 amide bonds. The molecular weight excluding hydrogens is 332 g/mol. The lowest BCUT2D eigenvalue weighted by Crippen LogP contribution is -2.41. The van der Waals surface area contributed by atoms with Crippen LogP contribution in [0.15, 0.2) is 53.6 Å². The Morgan fingerprint density at radius 1 is 1.28 bits per heavy atom. The van der Waals surface area contributed by atoms with Crippen LogP contribution in [0.4, 0.5) is 11.4 Å². The summed E-state index contributed by atoms with van der Waals surface area (Å²) in [6, 6.07) is 11.5. The quantitative estimate of drug-likeness (QED) is 0.864. The molecule has 5 heteroatoms. The molecule has 4 nitrogen and oxygen atoms in total. The summed E-state index contributed by atoms with van der Waals surface area (Å²) in [7, 11) is 0. The summed E-state index contributed by atoms with van der Waals surface area (Å²) in [5, 5.41) is 5.45. The second kappa shape index (κ2) is 6.48. The maximum atomic E-state index is 12.9. The lowest BCUT2D eigenvalue weighted by atomic mass is 9.83. The fourth-order valence-electron chi connectivity index (χ4n) is 3.76. The number of Topliss-reactive ketones (excluding diaryl/α,β-unsaturated/α-hetero) is 1. The summed E-state index contributed by atoms with van der Waals surface area (Å²) < 4.78 is 0. The zero-order valence-corrected chi connectivity index (χ0v) is 14.9. The van der Waals surface area contributed by atoms with Crippen molar-refractivity contribution in [2.24, 2.45) is 5.92 Å². The number of allylic oxidation sites excluding steroid dienone is 1. The van der Waals surface area contributed by atoms with E-state index in [1.54, 1.807) is 11.3 Å². The van der Waals surface area contributed by atoms with Crippen LogP contribution < -0.4 is 10.2 Å². The van der Waals surface area contributed by atoms with Gasteiger partial charge in [0.15, 0.2) is 0 Å². The summed E-state index contributed by atoms with van der Waals surface area (Å²) in [5.41, 5.74) is 2.65. The van der Waals surface area contributed by atoms with Gasteiger partial charge in [-0.25, -0.2) is 0 Å². The second-order valence-electron chi connectivity index (χ2n) is 6.36. The molecular formula is C20H20N2O2S. The number of fused-ring (bicyclic) bond motifs is 2. The normalized spacial score (nSPS) is 22.4. The number of benzene rings is 1.